The van der Waals surface area contributed by atoms with Gasteiger partial charge in [0.15, 0.2) is 12.2 Å². The first-order valence-corrected chi connectivity index (χ1v) is 8.84. The zero-order valence-electron chi connectivity index (χ0n) is 15.4. The molecule has 7 heteroatoms. The predicted molar refractivity (Wildman–Crippen MR) is 94.5 cm³/mol. The van der Waals surface area contributed by atoms with Gasteiger partial charge in [0.25, 0.3) is 0 Å². The molecule has 0 aromatic heterocycles. The minimum absolute atomic E-state index is 0.130. The number of hydrogen-bond donors (Lipinski definition) is 1. The summed E-state index contributed by atoms with van der Waals surface area (Å²) in [6.07, 6.45) is -1.79. The molecule has 0 aliphatic carbocycles. The van der Waals surface area contributed by atoms with Crippen molar-refractivity contribution in [2.75, 3.05) is 13.2 Å². The Hall–Kier alpha value is -2.12. The molecule has 0 spiro atoms. The summed E-state index contributed by atoms with van der Waals surface area (Å²) >= 11 is 0. The van der Waals surface area contributed by atoms with Gasteiger partial charge >= 0.3 is 11.9 Å². The van der Waals surface area contributed by atoms with E-state index in [1.807, 2.05) is 18.2 Å². The minimum atomic E-state index is -0.760. The lowest BCUT2D eigenvalue weighted by molar-refractivity contribution is -0.176. The Morgan fingerprint density at radius 1 is 1.27 bits per heavy atom. The normalized spacial score (nSPS) is 27.5. The second kappa shape index (κ2) is 9.54. The molecule has 4 atom stereocenters. The molecule has 1 aromatic rings. The highest BCUT2D eigenvalue weighted by atomic mass is 16.6. The van der Waals surface area contributed by atoms with Crippen LogP contribution in [0.1, 0.15) is 27.2 Å². The third-order valence-corrected chi connectivity index (χ3v) is 4.04. The maximum Gasteiger partial charge on any atom is 0.323 e. The first kappa shape index (κ1) is 20.2. The van der Waals surface area contributed by atoms with Gasteiger partial charge < -0.3 is 24.7 Å². The van der Waals surface area contributed by atoms with Gasteiger partial charge in [0.1, 0.15) is 17.9 Å². The summed E-state index contributed by atoms with van der Waals surface area (Å²) in [7, 11) is 0. The highest BCUT2D eigenvalue weighted by Crippen LogP contribution is 2.21. The number of benzene rings is 1. The Kier molecular flexibility index (Phi) is 7.41. The van der Waals surface area contributed by atoms with Crippen molar-refractivity contribution in [3.8, 4) is 5.75 Å². The van der Waals surface area contributed by atoms with Crippen LogP contribution in [0, 0.1) is 5.92 Å². The van der Waals surface area contributed by atoms with E-state index in [0.29, 0.717) is 12.2 Å². The topological polar surface area (TPSA) is 97.1 Å². The molecule has 1 aliphatic rings. The third kappa shape index (κ3) is 5.71. The summed E-state index contributed by atoms with van der Waals surface area (Å²) in [5.41, 5.74) is 5.80. The number of carbonyl (C=O) groups is 2. The van der Waals surface area contributed by atoms with Gasteiger partial charge in [-0.3, -0.25) is 9.59 Å². The van der Waals surface area contributed by atoms with E-state index in [0.717, 1.165) is 0 Å². The maximum atomic E-state index is 12.1. The first-order valence-electron chi connectivity index (χ1n) is 8.84. The monoisotopic (exact) mass is 365 g/mol. The van der Waals surface area contributed by atoms with E-state index in [2.05, 4.69) is 0 Å². The number of esters is 2. The summed E-state index contributed by atoms with van der Waals surface area (Å²) in [4.78, 5) is 24.2. The van der Waals surface area contributed by atoms with Gasteiger partial charge in [-0.2, -0.15) is 0 Å². The van der Waals surface area contributed by atoms with Gasteiger partial charge in [0, 0.05) is 6.61 Å². The van der Waals surface area contributed by atoms with E-state index in [4.69, 9.17) is 24.7 Å². The van der Waals surface area contributed by atoms with Crippen LogP contribution in [0.5, 0.6) is 5.75 Å². The average Bonchev–Trinajstić information content (AvgIpc) is 2.61. The second-order valence-corrected chi connectivity index (χ2v) is 6.64. The van der Waals surface area contributed by atoms with Crippen LogP contribution < -0.4 is 10.5 Å². The molecule has 0 saturated carbocycles. The number of para-hydroxylation sites is 1. The quantitative estimate of drug-likeness (QED) is 0.811. The summed E-state index contributed by atoms with van der Waals surface area (Å²) in [5.74, 6) is -0.618. The first-order chi connectivity index (χ1) is 12.4. The van der Waals surface area contributed by atoms with E-state index >= 15 is 0 Å². The Morgan fingerprint density at radius 3 is 2.62 bits per heavy atom. The van der Waals surface area contributed by atoms with Gasteiger partial charge in [-0.05, 0) is 25.5 Å². The molecule has 0 unspecified atom stereocenters. The summed E-state index contributed by atoms with van der Waals surface area (Å²) < 4.78 is 22.6. The summed E-state index contributed by atoms with van der Waals surface area (Å²) in [6.45, 7) is 5.58. The fourth-order valence-corrected chi connectivity index (χ4v) is 2.48. The maximum absolute atomic E-state index is 12.1. The number of cyclic esters (lactones) is 1. The lowest BCUT2D eigenvalue weighted by Gasteiger charge is -2.33. The van der Waals surface area contributed by atoms with Crippen molar-refractivity contribution in [2.45, 2.75) is 51.5 Å². The molecule has 7 nitrogen and oxygen atoms in total. The van der Waals surface area contributed by atoms with Crippen LogP contribution in [-0.2, 0) is 23.8 Å². The van der Waals surface area contributed by atoms with Gasteiger partial charge in [-0.25, -0.2) is 0 Å². The van der Waals surface area contributed by atoms with E-state index in [9.17, 15) is 9.59 Å². The van der Waals surface area contributed by atoms with Crippen LogP contribution in [0.25, 0.3) is 0 Å². The molecule has 0 bridgehead atoms. The van der Waals surface area contributed by atoms with Crippen molar-refractivity contribution in [2.24, 2.45) is 11.7 Å². The number of carbonyl (C=O) groups excluding carboxylic acids is 2. The summed E-state index contributed by atoms with van der Waals surface area (Å²) in [5, 5.41) is 0. The Labute approximate surface area is 153 Å². The van der Waals surface area contributed by atoms with Crippen molar-refractivity contribution in [3.05, 3.63) is 30.3 Å². The van der Waals surface area contributed by atoms with E-state index in [1.165, 1.54) is 0 Å². The van der Waals surface area contributed by atoms with Gasteiger partial charge in [0.2, 0.25) is 0 Å². The van der Waals surface area contributed by atoms with Crippen LogP contribution in [0.4, 0.5) is 0 Å². The highest BCUT2D eigenvalue weighted by molar-refractivity contribution is 5.75. The van der Waals surface area contributed by atoms with Crippen LogP contribution in [0.3, 0.4) is 0 Å². The van der Waals surface area contributed by atoms with Crippen LogP contribution in [0.15, 0.2) is 30.3 Å². The molecular formula is C19H27NO6. The van der Waals surface area contributed by atoms with Gasteiger partial charge in [-0.1, -0.05) is 32.0 Å². The molecule has 1 aromatic carbocycles. The second-order valence-electron chi connectivity index (χ2n) is 6.64. The molecule has 1 aliphatic heterocycles. The zero-order valence-corrected chi connectivity index (χ0v) is 15.4. The lowest BCUT2D eigenvalue weighted by atomic mass is 10.1. The van der Waals surface area contributed by atoms with E-state index in [1.54, 1.807) is 32.9 Å². The Bertz CT molecular complexity index is 591. The van der Waals surface area contributed by atoms with Crippen molar-refractivity contribution in [1.82, 2.24) is 0 Å². The van der Waals surface area contributed by atoms with Crippen LogP contribution in [0.2, 0.25) is 0 Å². The predicted octanol–water partition coefficient (Wildman–Crippen LogP) is 1.68. The van der Waals surface area contributed by atoms with Crippen LogP contribution >= 0.6 is 0 Å². The van der Waals surface area contributed by atoms with Crippen molar-refractivity contribution >= 4 is 11.9 Å². The fraction of sp³-hybridized carbons (Fsp3) is 0.579. The Morgan fingerprint density at radius 2 is 1.96 bits per heavy atom. The van der Waals surface area contributed by atoms with E-state index < -0.39 is 30.3 Å². The fourth-order valence-electron chi connectivity index (χ4n) is 2.48. The van der Waals surface area contributed by atoms with E-state index in [-0.39, 0.29) is 25.1 Å². The molecule has 144 valence electrons. The molecule has 0 radical (unpaired) electrons. The number of hydrogen-bond acceptors (Lipinski definition) is 7. The smallest absolute Gasteiger partial charge is 0.323 e. The third-order valence-electron chi connectivity index (χ3n) is 4.04. The molecule has 26 heavy (non-hydrogen) atoms. The molecule has 1 saturated heterocycles. The highest BCUT2D eigenvalue weighted by Gasteiger charge is 2.36. The number of nitrogens with two attached hydrogens (primary N) is 1. The lowest BCUT2D eigenvalue weighted by Crippen LogP contribution is -2.50. The number of ether oxygens (including phenoxy) is 4. The zero-order chi connectivity index (χ0) is 19.1. The average molecular weight is 365 g/mol. The van der Waals surface area contributed by atoms with Crippen LogP contribution in [-0.4, -0.2) is 49.5 Å². The molecular weight excluding hydrogens is 338 g/mol. The molecule has 0 amide bonds. The largest absolute Gasteiger partial charge is 0.483 e. The standard InChI is InChI=1S/C19H27NO6/c1-12(2)18(21)26-16-11-23-10-9-15(20)19(22)24-13(3)17(16)25-14-7-5-4-6-8-14/h4-8,12-13,15-17H,9-11,20H2,1-3H3/t13-,15-,16-,17-/m0/s1. The molecule has 1 fully saturated rings. The summed E-state index contributed by atoms with van der Waals surface area (Å²) in [6, 6.07) is 8.32. The molecule has 2 rings (SSSR count). The SMILES string of the molecule is CC(C)C(=O)O[C@H]1COCC[C@H](N)C(=O)O[C@@H](C)[C@@H]1Oc1ccccc1. The number of rotatable bonds is 4. The van der Waals surface area contributed by atoms with Crippen molar-refractivity contribution in [3.63, 3.8) is 0 Å². The minimum Gasteiger partial charge on any atom is -0.483 e. The van der Waals surface area contributed by atoms with Crippen molar-refractivity contribution in [1.29, 1.82) is 0 Å². The Balaban J connectivity index is 2.25. The van der Waals surface area contributed by atoms with Crippen molar-refractivity contribution < 1.29 is 28.5 Å². The molecule has 1 heterocycles. The van der Waals surface area contributed by atoms with Gasteiger partial charge in [0.05, 0.1) is 12.5 Å². The van der Waals surface area contributed by atoms with Gasteiger partial charge in [-0.15, -0.1) is 0 Å². The molecule has 2 N–H and O–H groups in total.